The Balaban J connectivity index is 1.79. The predicted octanol–water partition coefficient (Wildman–Crippen LogP) is 3.74. The summed E-state index contributed by atoms with van der Waals surface area (Å²) in [6.45, 7) is 0.0889. The molecule has 1 N–H and O–H groups in total. The lowest BCUT2D eigenvalue weighted by Crippen LogP contribution is -2.42. The molecule has 158 valence electrons. The molecule has 0 radical (unpaired) electrons. The number of alkyl halides is 3. The minimum atomic E-state index is -4.48. The first-order chi connectivity index (χ1) is 13.7. The number of anilines is 3. The van der Waals surface area contributed by atoms with E-state index in [0.29, 0.717) is 16.9 Å². The molecular formula is C18H22ClF3N6O. The third-order valence-electron chi connectivity index (χ3n) is 4.60. The van der Waals surface area contributed by atoms with Crippen LogP contribution in [0, 0.1) is 0 Å². The number of pyridine rings is 1. The van der Waals surface area contributed by atoms with Crippen LogP contribution in [-0.2, 0) is 0 Å². The molecule has 0 saturated carbocycles. The van der Waals surface area contributed by atoms with E-state index in [4.69, 9.17) is 16.3 Å². The summed E-state index contributed by atoms with van der Waals surface area (Å²) in [4.78, 5) is 16.5. The Kier molecular flexibility index (Phi) is 6.63. The molecular weight excluding hydrogens is 409 g/mol. The summed E-state index contributed by atoms with van der Waals surface area (Å²) >= 11 is 5.76. The van der Waals surface area contributed by atoms with E-state index in [1.807, 2.05) is 19.0 Å². The third-order valence-corrected chi connectivity index (χ3v) is 4.80. The first-order valence-electron chi connectivity index (χ1n) is 9.08. The van der Waals surface area contributed by atoms with Crippen molar-refractivity contribution in [1.29, 1.82) is 0 Å². The molecule has 11 heteroatoms. The third kappa shape index (κ3) is 6.07. The lowest BCUT2D eigenvalue weighted by Gasteiger charge is -2.36. The van der Waals surface area contributed by atoms with Gasteiger partial charge in [-0.3, -0.25) is 0 Å². The first-order valence-corrected chi connectivity index (χ1v) is 9.45. The van der Waals surface area contributed by atoms with Gasteiger partial charge in [0.05, 0.1) is 17.4 Å². The van der Waals surface area contributed by atoms with Crippen molar-refractivity contribution in [2.45, 2.75) is 25.1 Å². The number of halogens is 4. The van der Waals surface area contributed by atoms with Crippen LogP contribution < -0.4 is 15.0 Å². The zero-order chi connectivity index (χ0) is 21.0. The molecule has 1 fully saturated rings. The van der Waals surface area contributed by atoms with Gasteiger partial charge in [-0.2, -0.15) is 18.2 Å². The fraction of sp³-hybridized carbons (Fsp3) is 0.500. The van der Waals surface area contributed by atoms with Crippen molar-refractivity contribution in [2.24, 2.45) is 0 Å². The van der Waals surface area contributed by atoms with Crippen LogP contribution in [-0.4, -0.2) is 65.9 Å². The zero-order valence-electron chi connectivity index (χ0n) is 16.1. The summed E-state index contributed by atoms with van der Waals surface area (Å²) in [6, 6.07) is 3.84. The topological polar surface area (TPSA) is 66.4 Å². The number of hydrogen-bond acceptors (Lipinski definition) is 7. The fourth-order valence-electron chi connectivity index (χ4n) is 3.07. The first kappa shape index (κ1) is 21.4. The second-order valence-electron chi connectivity index (χ2n) is 6.96. The highest BCUT2D eigenvalue weighted by atomic mass is 35.5. The Morgan fingerprint density at radius 3 is 2.45 bits per heavy atom. The van der Waals surface area contributed by atoms with Crippen molar-refractivity contribution in [1.82, 2.24) is 19.9 Å². The van der Waals surface area contributed by atoms with Crippen LogP contribution in [0.3, 0.4) is 0 Å². The average Bonchev–Trinajstić information content (AvgIpc) is 2.68. The second kappa shape index (κ2) is 9.00. The molecule has 0 aromatic carbocycles. The maximum atomic E-state index is 12.7. The summed E-state index contributed by atoms with van der Waals surface area (Å²) in [7, 11) is 4.09. The minimum absolute atomic E-state index is 0.159. The smallest absolute Gasteiger partial charge is 0.422 e. The Bertz CT molecular complexity index is 810. The molecule has 1 aliphatic rings. The normalized spacial score (nSPS) is 15.6. The van der Waals surface area contributed by atoms with E-state index in [-0.39, 0.29) is 17.5 Å². The largest absolute Gasteiger partial charge is 0.466 e. The van der Waals surface area contributed by atoms with E-state index >= 15 is 0 Å². The highest BCUT2D eigenvalue weighted by Crippen LogP contribution is 2.30. The molecule has 1 aliphatic heterocycles. The van der Waals surface area contributed by atoms with Crippen LogP contribution in [0.2, 0.25) is 5.02 Å². The molecule has 0 unspecified atom stereocenters. The molecule has 0 aliphatic carbocycles. The number of nitrogens with zero attached hydrogens (tertiary/aromatic N) is 5. The van der Waals surface area contributed by atoms with Crippen molar-refractivity contribution in [3.05, 3.63) is 29.5 Å². The number of hydrogen-bond donors (Lipinski definition) is 1. The van der Waals surface area contributed by atoms with E-state index in [0.717, 1.165) is 25.9 Å². The predicted molar refractivity (Wildman–Crippen MR) is 105 cm³/mol. The van der Waals surface area contributed by atoms with Gasteiger partial charge in [-0.25, -0.2) is 9.97 Å². The maximum absolute atomic E-state index is 12.7. The molecule has 0 amide bonds. The molecule has 0 atom stereocenters. The number of nitrogens with one attached hydrogen (secondary N) is 1. The number of aromatic nitrogens is 3. The zero-order valence-corrected chi connectivity index (χ0v) is 16.8. The summed E-state index contributed by atoms with van der Waals surface area (Å²) in [5.74, 6) is 0.586. The van der Waals surface area contributed by atoms with Gasteiger partial charge in [0.25, 0.3) is 0 Å². The van der Waals surface area contributed by atoms with Crippen LogP contribution in [0.4, 0.5) is 30.6 Å². The van der Waals surface area contributed by atoms with Gasteiger partial charge in [-0.05, 0) is 39.1 Å². The molecule has 3 rings (SSSR count). The maximum Gasteiger partial charge on any atom is 0.422 e. The van der Waals surface area contributed by atoms with Crippen LogP contribution in [0.25, 0.3) is 0 Å². The minimum Gasteiger partial charge on any atom is -0.466 e. The summed E-state index contributed by atoms with van der Waals surface area (Å²) in [5.41, 5.74) is 0.239. The quantitative estimate of drug-likeness (QED) is 0.748. The summed E-state index contributed by atoms with van der Waals surface area (Å²) in [6.07, 6.45) is 0.182. The van der Waals surface area contributed by atoms with Gasteiger partial charge in [-0.15, -0.1) is 0 Å². The number of rotatable bonds is 6. The lowest BCUT2D eigenvalue weighted by atomic mass is 10.0. The highest BCUT2D eigenvalue weighted by molar-refractivity contribution is 6.30. The SMILES string of the molecule is CN(C)C1CCN(c2ccc(Nc3ncc(Cl)cn3)c(OCC(F)(F)F)n2)CC1. The standard InChI is InChI=1S/C18H22ClF3N6O/c1-27(2)13-5-7-28(8-6-13)15-4-3-14(16(26-15)29-11-18(20,21)22)25-17-23-9-12(19)10-24-17/h3-4,9-10,13H,5-8,11H2,1-2H3,(H,23,24,25). The molecule has 2 aromatic heterocycles. The van der Waals surface area contributed by atoms with Gasteiger partial charge in [0, 0.05) is 19.1 Å². The van der Waals surface area contributed by atoms with Crippen molar-refractivity contribution >= 4 is 29.1 Å². The van der Waals surface area contributed by atoms with Crippen molar-refractivity contribution in [3.63, 3.8) is 0 Å². The summed E-state index contributed by atoms with van der Waals surface area (Å²) < 4.78 is 43.0. The van der Waals surface area contributed by atoms with Gasteiger partial charge in [-0.1, -0.05) is 11.6 Å². The van der Waals surface area contributed by atoms with E-state index in [2.05, 4.69) is 25.2 Å². The van der Waals surface area contributed by atoms with Gasteiger partial charge < -0.3 is 19.9 Å². The molecule has 0 spiro atoms. The van der Waals surface area contributed by atoms with Crippen LogP contribution in [0.5, 0.6) is 5.88 Å². The highest BCUT2D eigenvalue weighted by Gasteiger charge is 2.30. The van der Waals surface area contributed by atoms with Gasteiger partial charge in [0.15, 0.2) is 6.61 Å². The second-order valence-corrected chi connectivity index (χ2v) is 7.39. The number of ether oxygens (including phenoxy) is 1. The molecule has 7 nitrogen and oxygen atoms in total. The van der Waals surface area contributed by atoms with Crippen LogP contribution >= 0.6 is 11.6 Å². The summed E-state index contributed by atoms with van der Waals surface area (Å²) in [5, 5.41) is 3.17. The van der Waals surface area contributed by atoms with Crippen molar-refractivity contribution in [3.8, 4) is 5.88 Å². The van der Waals surface area contributed by atoms with Gasteiger partial charge >= 0.3 is 6.18 Å². The Hall–Kier alpha value is -2.33. The Morgan fingerprint density at radius 2 is 1.86 bits per heavy atom. The monoisotopic (exact) mass is 430 g/mol. The van der Waals surface area contributed by atoms with E-state index in [1.54, 1.807) is 12.1 Å². The molecule has 0 bridgehead atoms. The number of piperidine rings is 1. The van der Waals surface area contributed by atoms with Crippen LogP contribution in [0.15, 0.2) is 24.5 Å². The molecule has 1 saturated heterocycles. The lowest BCUT2D eigenvalue weighted by molar-refractivity contribution is -0.153. The van der Waals surface area contributed by atoms with Gasteiger partial charge in [0.2, 0.25) is 11.8 Å². The average molecular weight is 431 g/mol. The van der Waals surface area contributed by atoms with E-state index in [1.165, 1.54) is 12.4 Å². The van der Waals surface area contributed by atoms with Crippen LogP contribution in [0.1, 0.15) is 12.8 Å². The molecule has 3 heterocycles. The molecule has 29 heavy (non-hydrogen) atoms. The van der Waals surface area contributed by atoms with E-state index in [9.17, 15) is 13.2 Å². The Labute approximate surface area is 171 Å². The van der Waals surface area contributed by atoms with Crippen molar-refractivity contribution < 1.29 is 17.9 Å². The molecule has 2 aromatic rings. The van der Waals surface area contributed by atoms with E-state index < -0.39 is 12.8 Å². The van der Waals surface area contributed by atoms with Crippen molar-refractivity contribution in [2.75, 3.05) is 44.0 Å². The van der Waals surface area contributed by atoms with Gasteiger partial charge in [0.1, 0.15) is 11.5 Å². The fourth-order valence-corrected chi connectivity index (χ4v) is 3.17. The Morgan fingerprint density at radius 1 is 1.21 bits per heavy atom.